The van der Waals surface area contributed by atoms with Gasteiger partial charge in [0.1, 0.15) is 5.75 Å². The van der Waals surface area contributed by atoms with Crippen LogP contribution in [0.2, 0.25) is 0 Å². The standard InChI is InChI=1S/C21H33BrN2O2/c1-19(2,3)14-8-9-17(16(22)10-14)26-13-18(25)23-15-11-20(4,5)24-21(6,7)12-15/h8-10,15,24H,11-13H2,1-7H3,(H,23,25)/p+1. The van der Waals surface area contributed by atoms with Crippen LogP contribution in [0, 0.1) is 0 Å². The molecule has 0 radical (unpaired) electrons. The van der Waals surface area contributed by atoms with Crippen molar-refractivity contribution in [1.82, 2.24) is 5.32 Å². The van der Waals surface area contributed by atoms with Crippen LogP contribution in [0.4, 0.5) is 0 Å². The number of piperidine rings is 1. The molecule has 1 aromatic carbocycles. The van der Waals surface area contributed by atoms with E-state index in [1.807, 2.05) is 6.07 Å². The van der Waals surface area contributed by atoms with Crippen molar-refractivity contribution in [3.05, 3.63) is 28.2 Å². The Morgan fingerprint density at radius 1 is 1.23 bits per heavy atom. The van der Waals surface area contributed by atoms with E-state index in [1.54, 1.807) is 0 Å². The topological polar surface area (TPSA) is 54.9 Å². The molecule has 1 aliphatic rings. The van der Waals surface area contributed by atoms with Crippen LogP contribution in [0.1, 0.15) is 66.9 Å². The molecule has 2 rings (SSSR count). The summed E-state index contributed by atoms with van der Waals surface area (Å²) in [6.07, 6.45) is 1.93. The van der Waals surface area contributed by atoms with Gasteiger partial charge in [-0.05, 0) is 66.7 Å². The van der Waals surface area contributed by atoms with Crippen LogP contribution in [-0.4, -0.2) is 29.6 Å². The molecule has 1 aromatic rings. The molecular weight excluding hydrogens is 392 g/mol. The Morgan fingerprint density at radius 3 is 2.31 bits per heavy atom. The molecule has 26 heavy (non-hydrogen) atoms. The molecule has 0 atom stereocenters. The molecule has 5 heteroatoms. The number of halogens is 1. The highest BCUT2D eigenvalue weighted by molar-refractivity contribution is 9.10. The number of hydrogen-bond acceptors (Lipinski definition) is 2. The molecule has 1 saturated heterocycles. The van der Waals surface area contributed by atoms with Crippen LogP contribution >= 0.6 is 15.9 Å². The second-order valence-electron chi connectivity index (χ2n) is 9.98. The lowest BCUT2D eigenvalue weighted by Crippen LogP contribution is -3.06. The molecule has 1 fully saturated rings. The van der Waals surface area contributed by atoms with Gasteiger partial charge in [-0.3, -0.25) is 4.79 Å². The summed E-state index contributed by atoms with van der Waals surface area (Å²) in [6.45, 7) is 15.5. The summed E-state index contributed by atoms with van der Waals surface area (Å²) < 4.78 is 6.63. The number of ether oxygens (including phenoxy) is 1. The normalized spacial score (nSPS) is 19.8. The maximum atomic E-state index is 12.4. The Morgan fingerprint density at radius 2 is 1.81 bits per heavy atom. The van der Waals surface area contributed by atoms with E-state index in [0.717, 1.165) is 17.3 Å². The molecule has 0 unspecified atom stereocenters. The van der Waals surface area contributed by atoms with Crippen molar-refractivity contribution < 1.29 is 14.8 Å². The first-order valence-corrected chi connectivity index (χ1v) is 10.2. The molecule has 1 aliphatic heterocycles. The third-order valence-electron chi connectivity index (χ3n) is 4.85. The Balaban J connectivity index is 1.93. The molecule has 0 spiro atoms. The minimum atomic E-state index is -0.0599. The van der Waals surface area contributed by atoms with Crippen molar-refractivity contribution in [2.75, 3.05) is 6.61 Å². The van der Waals surface area contributed by atoms with Gasteiger partial charge in [-0.2, -0.15) is 0 Å². The van der Waals surface area contributed by atoms with Crippen LogP contribution in [0.15, 0.2) is 22.7 Å². The van der Waals surface area contributed by atoms with Gasteiger partial charge in [0, 0.05) is 18.9 Å². The lowest BCUT2D eigenvalue weighted by atomic mass is 9.79. The number of hydrogen-bond donors (Lipinski definition) is 2. The molecule has 4 nitrogen and oxygen atoms in total. The Hall–Kier alpha value is -1.07. The van der Waals surface area contributed by atoms with Crippen LogP contribution in [-0.2, 0) is 10.2 Å². The maximum Gasteiger partial charge on any atom is 0.258 e. The summed E-state index contributed by atoms with van der Waals surface area (Å²) in [4.78, 5) is 12.4. The molecule has 0 saturated carbocycles. The summed E-state index contributed by atoms with van der Waals surface area (Å²) in [7, 11) is 0. The molecule has 1 amide bonds. The van der Waals surface area contributed by atoms with Crippen molar-refractivity contribution in [2.24, 2.45) is 0 Å². The second-order valence-corrected chi connectivity index (χ2v) is 10.8. The van der Waals surface area contributed by atoms with Crippen LogP contribution in [0.5, 0.6) is 5.75 Å². The largest absolute Gasteiger partial charge is 0.483 e. The molecule has 3 N–H and O–H groups in total. The zero-order valence-electron chi connectivity index (χ0n) is 17.2. The average molecular weight is 426 g/mol. The lowest BCUT2D eigenvalue weighted by Gasteiger charge is -2.43. The number of nitrogens with two attached hydrogens (primary N) is 1. The smallest absolute Gasteiger partial charge is 0.258 e. The van der Waals surface area contributed by atoms with E-state index in [2.05, 4.69) is 87.2 Å². The van der Waals surface area contributed by atoms with Crippen molar-refractivity contribution >= 4 is 21.8 Å². The molecule has 1 heterocycles. The zero-order chi connectivity index (χ0) is 19.8. The number of carbonyl (C=O) groups excluding carboxylic acids is 1. The predicted octanol–water partition coefficient (Wildman–Crippen LogP) is 3.52. The Labute approximate surface area is 166 Å². The van der Waals surface area contributed by atoms with E-state index >= 15 is 0 Å². The highest BCUT2D eigenvalue weighted by atomic mass is 79.9. The van der Waals surface area contributed by atoms with E-state index in [4.69, 9.17) is 4.74 Å². The van der Waals surface area contributed by atoms with Crippen molar-refractivity contribution in [1.29, 1.82) is 0 Å². The first-order valence-electron chi connectivity index (χ1n) is 9.37. The van der Waals surface area contributed by atoms with Gasteiger partial charge in [-0.1, -0.05) is 26.8 Å². The summed E-state index contributed by atoms with van der Waals surface area (Å²) in [5.74, 6) is 0.640. The fraction of sp³-hybridized carbons (Fsp3) is 0.667. The highest BCUT2D eigenvalue weighted by Crippen LogP contribution is 2.31. The third kappa shape index (κ3) is 5.98. The predicted molar refractivity (Wildman–Crippen MR) is 110 cm³/mol. The van der Waals surface area contributed by atoms with Crippen LogP contribution < -0.4 is 15.4 Å². The van der Waals surface area contributed by atoms with Crippen molar-refractivity contribution in [3.63, 3.8) is 0 Å². The van der Waals surface area contributed by atoms with Gasteiger partial charge < -0.3 is 15.4 Å². The van der Waals surface area contributed by atoms with Crippen molar-refractivity contribution in [3.8, 4) is 5.75 Å². The fourth-order valence-electron chi connectivity index (χ4n) is 4.12. The van der Waals surface area contributed by atoms with Gasteiger partial charge in [0.2, 0.25) is 0 Å². The molecule has 0 aromatic heterocycles. The minimum absolute atomic E-state index is 0.0362. The zero-order valence-corrected chi connectivity index (χ0v) is 18.8. The summed E-state index contributed by atoms with van der Waals surface area (Å²) in [5, 5.41) is 5.57. The maximum absolute atomic E-state index is 12.4. The first kappa shape index (κ1) is 21.2. The van der Waals surface area contributed by atoms with Gasteiger partial charge in [0.05, 0.1) is 15.6 Å². The monoisotopic (exact) mass is 425 g/mol. The molecule has 0 aliphatic carbocycles. The minimum Gasteiger partial charge on any atom is -0.483 e. The molecular formula is C21H34BrN2O2+. The second kappa shape index (κ2) is 7.51. The first-order chi connectivity index (χ1) is 11.8. The fourth-order valence-corrected chi connectivity index (χ4v) is 4.61. The van der Waals surface area contributed by atoms with Gasteiger partial charge >= 0.3 is 0 Å². The average Bonchev–Trinajstić information content (AvgIpc) is 2.41. The third-order valence-corrected chi connectivity index (χ3v) is 5.47. The van der Waals surface area contributed by atoms with E-state index in [1.165, 1.54) is 5.56 Å². The molecule has 0 bridgehead atoms. The molecule has 146 valence electrons. The van der Waals surface area contributed by atoms with Gasteiger partial charge in [0.25, 0.3) is 5.91 Å². The number of rotatable bonds is 4. The van der Waals surface area contributed by atoms with Crippen LogP contribution in [0.3, 0.4) is 0 Å². The highest BCUT2D eigenvalue weighted by Gasteiger charge is 2.42. The van der Waals surface area contributed by atoms with Crippen molar-refractivity contribution in [2.45, 2.75) is 83.8 Å². The lowest BCUT2D eigenvalue weighted by molar-refractivity contribution is -0.787. The Bertz CT molecular complexity index is 646. The van der Waals surface area contributed by atoms with E-state index in [0.29, 0.717) is 5.75 Å². The summed E-state index contributed by atoms with van der Waals surface area (Å²) >= 11 is 3.56. The number of quaternary nitrogens is 1. The number of benzene rings is 1. The number of amides is 1. The van der Waals surface area contributed by atoms with Crippen LogP contribution in [0.25, 0.3) is 0 Å². The summed E-state index contributed by atoms with van der Waals surface area (Å²) in [5.41, 5.74) is 1.57. The van der Waals surface area contributed by atoms with Gasteiger partial charge in [-0.15, -0.1) is 0 Å². The van der Waals surface area contributed by atoms with E-state index < -0.39 is 0 Å². The Kier molecular flexibility index (Phi) is 6.13. The quantitative estimate of drug-likeness (QED) is 0.774. The van der Waals surface area contributed by atoms with E-state index in [9.17, 15) is 4.79 Å². The SMILES string of the molecule is CC1(C)CC(NC(=O)COc2ccc(C(C)(C)C)cc2Br)CC(C)(C)[NH2+]1. The number of nitrogens with one attached hydrogen (secondary N) is 1. The van der Waals surface area contributed by atoms with Gasteiger partial charge in [-0.25, -0.2) is 0 Å². The van der Waals surface area contributed by atoms with E-state index in [-0.39, 0.29) is 35.0 Å². The number of carbonyl (C=O) groups is 1. The van der Waals surface area contributed by atoms with Gasteiger partial charge in [0.15, 0.2) is 6.61 Å². The summed E-state index contributed by atoms with van der Waals surface area (Å²) in [6, 6.07) is 6.24.